The first-order valence-corrected chi connectivity index (χ1v) is 5.41. The number of azo groups is 1. The monoisotopic (exact) mass is 251 g/mol. The molecule has 0 spiro atoms. The zero-order valence-electron chi connectivity index (χ0n) is 9.47. The summed E-state index contributed by atoms with van der Waals surface area (Å²) in [6, 6.07) is 6.01. The molecular formula is C11H14ClN5. The van der Waals surface area contributed by atoms with Crippen LogP contribution in [0.4, 0.5) is 5.69 Å². The molecule has 2 aliphatic rings. The minimum Gasteiger partial charge on any atom is -0.282 e. The summed E-state index contributed by atoms with van der Waals surface area (Å²) in [5.74, 6) is 0.722. The topological polar surface area (TPSA) is 61.1 Å². The number of rotatable bonds is 1. The molecule has 6 heteroatoms. The number of amidine groups is 1. The molecule has 2 aliphatic heterocycles. The van der Waals surface area contributed by atoms with E-state index >= 15 is 0 Å². The zero-order chi connectivity index (χ0) is 11.0. The largest absolute Gasteiger partial charge is 0.282 e. The Hall–Kier alpha value is -1.30. The van der Waals surface area contributed by atoms with Gasteiger partial charge in [-0.05, 0) is 18.6 Å². The Morgan fingerprint density at radius 3 is 2.76 bits per heavy atom. The number of aliphatic imine (C=N–C) groups is 1. The molecule has 2 N–H and O–H groups in total. The molecule has 1 aromatic rings. The number of hydrogen-bond donors (Lipinski definition) is 2. The molecule has 5 nitrogen and oxygen atoms in total. The standard InChI is InChI=1S/C11H13N5.ClH/c1-7-3-2-4-8-9(7)10(16-15-8)14-11-12-5-6-13-11;/h2-4,11-13H,5-6H2,1H3;1H. The van der Waals surface area contributed by atoms with Gasteiger partial charge in [0.2, 0.25) is 0 Å². The summed E-state index contributed by atoms with van der Waals surface area (Å²) in [4.78, 5) is 4.51. The minimum atomic E-state index is -0.0282. The van der Waals surface area contributed by atoms with Crippen LogP contribution in [0.2, 0.25) is 0 Å². The van der Waals surface area contributed by atoms with Crippen LogP contribution in [0.1, 0.15) is 11.1 Å². The predicted octanol–water partition coefficient (Wildman–Crippen LogP) is 1.74. The van der Waals surface area contributed by atoms with Crippen LogP contribution in [0.3, 0.4) is 0 Å². The highest BCUT2D eigenvalue weighted by Crippen LogP contribution is 2.29. The molecule has 1 aromatic carbocycles. The first-order chi connectivity index (χ1) is 7.84. The van der Waals surface area contributed by atoms with Crippen LogP contribution < -0.4 is 10.6 Å². The fourth-order valence-electron chi connectivity index (χ4n) is 1.97. The molecule has 3 rings (SSSR count). The van der Waals surface area contributed by atoms with Crippen molar-refractivity contribution in [1.29, 1.82) is 0 Å². The summed E-state index contributed by atoms with van der Waals surface area (Å²) in [5.41, 5.74) is 3.13. The number of halogens is 1. The van der Waals surface area contributed by atoms with Gasteiger partial charge in [0.15, 0.2) is 12.1 Å². The van der Waals surface area contributed by atoms with Crippen molar-refractivity contribution in [3.8, 4) is 0 Å². The van der Waals surface area contributed by atoms with Crippen LogP contribution in [0.15, 0.2) is 33.4 Å². The van der Waals surface area contributed by atoms with Gasteiger partial charge in [0.25, 0.3) is 0 Å². The summed E-state index contributed by atoms with van der Waals surface area (Å²) in [6.07, 6.45) is -0.0282. The van der Waals surface area contributed by atoms with E-state index in [1.807, 2.05) is 12.1 Å². The van der Waals surface area contributed by atoms with Crippen LogP contribution >= 0.6 is 12.4 Å². The normalized spacial score (nSPS) is 20.6. The van der Waals surface area contributed by atoms with E-state index < -0.39 is 0 Å². The van der Waals surface area contributed by atoms with E-state index in [1.165, 1.54) is 5.56 Å². The summed E-state index contributed by atoms with van der Waals surface area (Å²) < 4.78 is 0. The smallest absolute Gasteiger partial charge is 0.182 e. The highest BCUT2D eigenvalue weighted by Gasteiger charge is 2.20. The van der Waals surface area contributed by atoms with Gasteiger partial charge in [-0.1, -0.05) is 12.1 Å². The third kappa shape index (κ3) is 2.22. The molecule has 2 heterocycles. The van der Waals surface area contributed by atoms with Crippen molar-refractivity contribution >= 4 is 23.9 Å². The molecule has 0 radical (unpaired) electrons. The van der Waals surface area contributed by atoms with Crippen molar-refractivity contribution in [2.45, 2.75) is 13.2 Å². The van der Waals surface area contributed by atoms with Gasteiger partial charge in [-0.3, -0.25) is 10.6 Å². The lowest BCUT2D eigenvalue weighted by Crippen LogP contribution is -2.29. The number of fused-ring (bicyclic) bond motifs is 1. The van der Waals surface area contributed by atoms with Crippen molar-refractivity contribution in [2.75, 3.05) is 13.1 Å². The SMILES string of the molecule is Cc1cccc2c1C(=NC1NCCN1)N=N2.Cl. The maximum Gasteiger partial charge on any atom is 0.182 e. The fourth-order valence-corrected chi connectivity index (χ4v) is 1.97. The van der Waals surface area contributed by atoms with Crippen molar-refractivity contribution in [3.05, 3.63) is 29.3 Å². The summed E-state index contributed by atoms with van der Waals surface area (Å²) in [7, 11) is 0. The Balaban J connectivity index is 0.00000108. The molecule has 0 aromatic heterocycles. The summed E-state index contributed by atoms with van der Waals surface area (Å²) in [6.45, 7) is 3.94. The van der Waals surface area contributed by atoms with E-state index in [2.05, 4.69) is 38.8 Å². The Morgan fingerprint density at radius 2 is 2.00 bits per heavy atom. The first kappa shape index (κ1) is 12.2. The number of benzene rings is 1. The van der Waals surface area contributed by atoms with Crippen LogP contribution in [0.5, 0.6) is 0 Å². The van der Waals surface area contributed by atoms with Crippen molar-refractivity contribution < 1.29 is 0 Å². The molecule has 1 saturated heterocycles. The highest BCUT2D eigenvalue weighted by atomic mass is 35.5. The molecule has 17 heavy (non-hydrogen) atoms. The lowest BCUT2D eigenvalue weighted by molar-refractivity contribution is 0.580. The van der Waals surface area contributed by atoms with Gasteiger partial charge in [0, 0.05) is 13.1 Å². The van der Waals surface area contributed by atoms with Gasteiger partial charge >= 0.3 is 0 Å². The van der Waals surface area contributed by atoms with Gasteiger partial charge in [0.05, 0.1) is 11.3 Å². The zero-order valence-corrected chi connectivity index (χ0v) is 10.3. The number of nitrogens with one attached hydrogen (secondary N) is 2. The molecule has 0 amide bonds. The fraction of sp³-hybridized carbons (Fsp3) is 0.364. The number of nitrogens with zero attached hydrogens (tertiary/aromatic N) is 3. The average molecular weight is 252 g/mol. The predicted molar refractivity (Wildman–Crippen MR) is 69.3 cm³/mol. The molecule has 90 valence electrons. The van der Waals surface area contributed by atoms with Crippen LogP contribution in [-0.4, -0.2) is 25.2 Å². The molecule has 0 bridgehead atoms. The Bertz CT molecular complexity index is 477. The highest BCUT2D eigenvalue weighted by molar-refractivity contribution is 6.06. The Kier molecular flexibility index (Phi) is 3.51. The Labute approximate surface area is 106 Å². The Morgan fingerprint density at radius 1 is 1.24 bits per heavy atom. The van der Waals surface area contributed by atoms with E-state index in [4.69, 9.17) is 0 Å². The molecule has 1 fully saturated rings. The van der Waals surface area contributed by atoms with Gasteiger partial charge in [-0.15, -0.1) is 22.6 Å². The number of hydrogen-bond acceptors (Lipinski definition) is 4. The van der Waals surface area contributed by atoms with E-state index in [0.717, 1.165) is 30.2 Å². The third-order valence-electron chi connectivity index (χ3n) is 2.78. The minimum absolute atomic E-state index is 0. The van der Waals surface area contributed by atoms with Crippen LogP contribution in [-0.2, 0) is 0 Å². The maximum atomic E-state index is 4.51. The molecule has 0 unspecified atom stereocenters. The van der Waals surface area contributed by atoms with Crippen molar-refractivity contribution in [2.24, 2.45) is 15.2 Å². The maximum absolute atomic E-state index is 4.51. The average Bonchev–Trinajstić information content (AvgIpc) is 2.90. The molecular weight excluding hydrogens is 238 g/mol. The first-order valence-electron chi connectivity index (χ1n) is 5.41. The summed E-state index contributed by atoms with van der Waals surface area (Å²) in [5, 5.41) is 14.7. The molecule has 0 atom stereocenters. The van der Waals surface area contributed by atoms with Crippen molar-refractivity contribution in [3.63, 3.8) is 0 Å². The molecule has 0 saturated carbocycles. The van der Waals surface area contributed by atoms with Gasteiger partial charge in [-0.25, -0.2) is 4.99 Å². The third-order valence-corrected chi connectivity index (χ3v) is 2.78. The van der Waals surface area contributed by atoms with Gasteiger partial charge < -0.3 is 0 Å². The van der Waals surface area contributed by atoms with Crippen LogP contribution in [0, 0.1) is 6.92 Å². The van der Waals surface area contributed by atoms with E-state index in [1.54, 1.807) is 0 Å². The van der Waals surface area contributed by atoms with E-state index in [-0.39, 0.29) is 18.7 Å². The van der Waals surface area contributed by atoms with Gasteiger partial charge in [-0.2, -0.15) is 0 Å². The lowest BCUT2D eigenvalue weighted by Gasteiger charge is -2.06. The quantitative estimate of drug-likeness (QED) is 0.799. The van der Waals surface area contributed by atoms with Gasteiger partial charge in [0.1, 0.15) is 0 Å². The number of aryl methyl sites for hydroxylation is 1. The van der Waals surface area contributed by atoms with Crippen molar-refractivity contribution in [1.82, 2.24) is 10.6 Å². The second kappa shape index (κ2) is 4.91. The second-order valence-electron chi connectivity index (χ2n) is 3.93. The summed E-state index contributed by atoms with van der Waals surface area (Å²) >= 11 is 0. The van der Waals surface area contributed by atoms with E-state index in [0.29, 0.717) is 0 Å². The van der Waals surface area contributed by atoms with Crippen LogP contribution in [0.25, 0.3) is 0 Å². The lowest BCUT2D eigenvalue weighted by atomic mass is 10.1. The second-order valence-corrected chi connectivity index (χ2v) is 3.93. The molecule has 0 aliphatic carbocycles. The van der Waals surface area contributed by atoms with E-state index in [9.17, 15) is 0 Å².